The van der Waals surface area contributed by atoms with Crippen LogP contribution >= 0.6 is 0 Å². The first-order valence-corrected chi connectivity index (χ1v) is 8.45. The predicted molar refractivity (Wildman–Crippen MR) is 102 cm³/mol. The van der Waals surface area contributed by atoms with Gasteiger partial charge in [-0.25, -0.2) is 0 Å². The highest BCUT2D eigenvalue weighted by atomic mass is 16.5. The van der Waals surface area contributed by atoms with E-state index in [1.807, 2.05) is 25.2 Å². The molecule has 1 rings (SSSR count). The van der Waals surface area contributed by atoms with Gasteiger partial charge in [0.25, 0.3) is 0 Å². The molecule has 0 aliphatic heterocycles. The molecule has 0 radical (unpaired) electrons. The van der Waals surface area contributed by atoms with Crippen LogP contribution in [0.15, 0.2) is 72.3 Å². The van der Waals surface area contributed by atoms with Gasteiger partial charge >= 0.3 is 0 Å². The van der Waals surface area contributed by atoms with E-state index in [9.17, 15) is 0 Å². The third-order valence-electron chi connectivity index (χ3n) is 4.43. The molecule has 126 valence electrons. The second kappa shape index (κ2) is 8.19. The van der Waals surface area contributed by atoms with Crippen molar-refractivity contribution in [2.75, 3.05) is 0 Å². The summed E-state index contributed by atoms with van der Waals surface area (Å²) in [6, 6.07) is 0. The Kier molecular flexibility index (Phi) is 6.87. The first kappa shape index (κ1) is 19.3. The molecule has 0 amide bonds. The lowest BCUT2D eigenvalue weighted by Crippen LogP contribution is -2.17. The lowest BCUT2D eigenvalue weighted by atomic mass is 9.82. The molecular formula is C22H32O. The maximum absolute atomic E-state index is 6.18. The van der Waals surface area contributed by atoms with E-state index in [0.29, 0.717) is 11.7 Å². The van der Waals surface area contributed by atoms with Crippen LogP contribution in [0.5, 0.6) is 0 Å². The van der Waals surface area contributed by atoms with Gasteiger partial charge in [-0.2, -0.15) is 0 Å². The van der Waals surface area contributed by atoms with Crippen LogP contribution in [0.1, 0.15) is 53.9 Å². The predicted octanol–water partition coefficient (Wildman–Crippen LogP) is 6.88. The normalized spacial score (nSPS) is 18.0. The van der Waals surface area contributed by atoms with Gasteiger partial charge in [-0.05, 0) is 49.3 Å². The standard InChI is InChI=1S/C22H32O/c1-9-16(4)21(19-13-12-14-19)23-17(5)18(10-2)15-20(11-3)22(6,7)8/h9-11,15,19H,1,3,5,12-14H2,2,4,6-8H3/b18-10+,20-15+,21-16+. The van der Waals surface area contributed by atoms with E-state index < -0.39 is 0 Å². The molecule has 1 aliphatic carbocycles. The molecule has 0 aromatic heterocycles. The minimum atomic E-state index is 0.0416. The Morgan fingerprint density at radius 1 is 1.13 bits per heavy atom. The fraction of sp³-hybridized carbons (Fsp3) is 0.455. The summed E-state index contributed by atoms with van der Waals surface area (Å²) in [7, 11) is 0. The molecule has 0 N–H and O–H groups in total. The zero-order valence-electron chi connectivity index (χ0n) is 15.5. The molecule has 1 saturated carbocycles. The van der Waals surface area contributed by atoms with Crippen molar-refractivity contribution in [2.45, 2.75) is 53.9 Å². The van der Waals surface area contributed by atoms with Gasteiger partial charge in [0.2, 0.25) is 0 Å². The van der Waals surface area contributed by atoms with Gasteiger partial charge in [-0.15, -0.1) is 0 Å². The highest BCUT2D eigenvalue weighted by Crippen LogP contribution is 2.37. The van der Waals surface area contributed by atoms with E-state index in [1.54, 1.807) is 0 Å². The Morgan fingerprint density at radius 3 is 2.09 bits per heavy atom. The molecule has 1 aliphatic rings. The lowest BCUT2D eigenvalue weighted by molar-refractivity contribution is 0.205. The van der Waals surface area contributed by atoms with Crippen LogP contribution in [0.4, 0.5) is 0 Å². The van der Waals surface area contributed by atoms with Crippen LogP contribution in [0.25, 0.3) is 0 Å². The number of hydrogen-bond donors (Lipinski definition) is 0. The van der Waals surface area contributed by atoms with Crippen molar-refractivity contribution in [3.8, 4) is 0 Å². The minimum absolute atomic E-state index is 0.0416. The minimum Gasteiger partial charge on any atom is -0.461 e. The molecule has 1 fully saturated rings. The lowest BCUT2D eigenvalue weighted by Gasteiger charge is -2.30. The average Bonchev–Trinajstić information content (AvgIpc) is 2.43. The average molecular weight is 312 g/mol. The monoisotopic (exact) mass is 312 g/mol. The Labute approximate surface area is 142 Å². The molecule has 1 nitrogen and oxygen atoms in total. The van der Waals surface area contributed by atoms with Crippen molar-refractivity contribution >= 4 is 0 Å². The van der Waals surface area contributed by atoms with Gasteiger partial charge in [0, 0.05) is 11.5 Å². The molecule has 0 atom stereocenters. The van der Waals surface area contributed by atoms with E-state index >= 15 is 0 Å². The van der Waals surface area contributed by atoms with Crippen LogP contribution in [-0.2, 0) is 4.74 Å². The quantitative estimate of drug-likeness (QED) is 0.367. The van der Waals surface area contributed by atoms with E-state index in [1.165, 1.54) is 24.8 Å². The van der Waals surface area contributed by atoms with E-state index in [2.05, 4.69) is 53.5 Å². The number of hydrogen-bond acceptors (Lipinski definition) is 1. The third-order valence-corrected chi connectivity index (χ3v) is 4.43. The number of rotatable bonds is 7. The van der Waals surface area contributed by atoms with E-state index in [-0.39, 0.29) is 5.41 Å². The van der Waals surface area contributed by atoms with Gasteiger partial charge in [0.15, 0.2) is 0 Å². The van der Waals surface area contributed by atoms with Crippen molar-refractivity contribution < 1.29 is 4.74 Å². The highest BCUT2D eigenvalue weighted by Gasteiger charge is 2.26. The SMILES string of the molecule is C=C/C(=C\C(=C/C)C(=C)O/C(=C(\C)C=C)C1CCC1)C(C)(C)C. The summed E-state index contributed by atoms with van der Waals surface area (Å²) in [5.74, 6) is 2.23. The second-order valence-corrected chi connectivity index (χ2v) is 7.20. The second-order valence-electron chi connectivity index (χ2n) is 7.20. The smallest absolute Gasteiger partial charge is 0.126 e. The Hall–Kier alpha value is -1.76. The van der Waals surface area contributed by atoms with Crippen LogP contribution in [-0.4, -0.2) is 0 Å². The summed E-state index contributed by atoms with van der Waals surface area (Å²) >= 11 is 0. The molecule has 0 unspecified atom stereocenters. The molecular weight excluding hydrogens is 280 g/mol. The molecule has 0 saturated heterocycles. The molecule has 0 aromatic rings. The molecule has 0 bridgehead atoms. The zero-order valence-corrected chi connectivity index (χ0v) is 15.5. The number of ether oxygens (including phenoxy) is 1. The molecule has 1 heteroatoms. The topological polar surface area (TPSA) is 9.23 Å². The summed E-state index contributed by atoms with van der Waals surface area (Å²) in [6.45, 7) is 22.6. The summed E-state index contributed by atoms with van der Waals surface area (Å²) in [4.78, 5) is 0. The van der Waals surface area contributed by atoms with Gasteiger partial charge in [-0.3, -0.25) is 0 Å². The van der Waals surface area contributed by atoms with Crippen molar-refractivity contribution in [3.63, 3.8) is 0 Å². The van der Waals surface area contributed by atoms with Gasteiger partial charge in [0.1, 0.15) is 11.5 Å². The number of allylic oxidation sites excluding steroid dienone is 7. The van der Waals surface area contributed by atoms with Crippen LogP contribution in [0, 0.1) is 11.3 Å². The fourth-order valence-corrected chi connectivity index (χ4v) is 2.52. The van der Waals surface area contributed by atoms with Crippen molar-refractivity contribution in [2.24, 2.45) is 11.3 Å². The summed E-state index contributed by atoms with van der Waals surface area (Å²) in [6.07, 6.45) is 11.6. The van der Waals surface area contributed by atoms with Gasteiger partial charge in [0.05, 0.1) is 0 Å². The zero-order chi connectivity index (χ0) is 17.6. The summed E-state index contributed by atoms with van der Waals surface area (Å²) in [5.41, 5.74) is 3.32. The third kappa shape index (κ3) is 5.13. The van der Waals surface area contributed by atoms with Crippen molar-refractivity contribution in [3.05, 3.63) is 72.3 Å². The molecule has 0 heterocycles. The highest BCUT2D eigenvalue weighted by molar-refractivity contribution is 5.42. The first-order chi connectivity index (χ1) is 10.7. The maximum Gasteiger partial charge on any atom is 0.126 e. The maximum atomic E-state index is 6.18. The van der Waals surface area contributed by atoms with Crippen LogP contribution in [0.2, 0.25) is 0 Å². The van der Waals surface area contributed by atoms with Crippen LogP contribution in [0.3, 0.4) is 0 Å². The van der Waals surface area contributed by atoms with Gasteiger partial charge in [-0.1, -0.05) is 65.2 Å². The van der Waals surface area contributed by atoms with Crippen molar-refractivity contribution in [1.29, 1.82) is 0 Å². The molecule has 0 spiro atoms. The van der Waals surface area contributed by atoms with E-state index in [4.69, 9.17) is 4.74 Å². The Bertz CT molecular complexity index is 557. The largest absolute Gasteiger partial charge is 0.461 e. The van der Waals surface area contributed by atoms with Crippen molar-refractivity contribution in [1.82, 2.24) is 0 Å². The molecule has 23 heavy (non-hydrogen) atoms. The van der Waals surface area contributed by atoms with Crippen LogP contribution < -0.4 is 0 Å². The first-order valence-electron chi connectivity index (χ1n) is 8.45. The Balaban J connectivity index is 3.03. The molecule has 0 aromatic carbocycles. The van der Waals surface area contributed by atoms with E-state index in [0.717, 1.165) is 16.9 Å². The Morgan fingerprint density at radius 2 is 1.74 bits per heavy atom. The fourth-order valence-electron chi connectivity index (χ4n) is 2.52. The summed E-state index contributed by atoms with van der Waals surface area (Å²) < 4.78 is 6.18. The van der Waals surface area contributed by atoms with Gasteiger partial charge < -0.3 is 4.74 Å². The summed E-state index contributed by atoms with van der Waals surface area (Å²) in [5, 5.41) is 0.